The fourth-order valence-corrected chi connectivity index (χ4v) is 2.06. The van der Waals surface area contributed by atoms with Crippen molar-refractivity contribution in [2.24, 2.45) is 0 Å². The number of benzene rings is 1. The highest BCUT2D eigenvalue weighted by atomic mass is 16.5. The normalized spacial score (nSPS) is 13.2. The van der Waals surface area contributed by atoms with Gasteiger partial charge < -0.3 is 10.1 Å². The summed E-state index contributed by atoms with van der Waals surface area (Å²) in [6.45, 7) is 9.89. The van der Waals surface area contributed by atoms with Crippen molar-refractivity contribution in [3.63, 3.8) is 0 Å². The van der Waals surface area contributed by atoms with Crippen molar-refractivity contribution in [2.75, 3.05) is 33.4 Å². The molecule has 1 atom stereocenters. The first-order valence-corrected chi connectivity index (χ1v) is 7.21. The van der Waals surface area contributed by atoms with Gasteiger partial charge in [-0.2, -0.15) is 0 Å². The molecule has 0 aliphatic heterocycles. The van der Waals surface area contributed by atoms with E-state index in [9.17, 15) is 0 Å². The van der Waals surface area contributed by atoms with Gasteiger partial charge in [0.05, 0.1) is 6.61 Å². The second-order valence-corrected chi connectivity index (χ2v) is 5.17. The van der Waals surface area contributed by atoms with Gasteiger partial charge in [-0.25, -0.2) is 0 Å². The summed E-state index contributed by atoms with van der Waals surface area (Å²) in [5.41, 5.74) is 1.36. The Morgan fingerprint density at radius 2 is 1.89 bits per heavy atom. The summed E-state index contributed by atoms with van der Waals surface area (Å²) in [6.07, 6.45) is 0. The molecule has 3 nitrogen and oxygen atoms in total. The van der Waals surface area contributed by atoms with E-state index in [1.54, 1.807) is 0 Å². The predicted molar refractivity (Wildman–Crippen MR) is 81.4 cm³/mol. The molecule has 0 aromatic heterocycles. The molecule has 0 radical (unpaired) electrons. The van der Waals surface area contributed by atoms with Crippen LogP contribution in [0.1, 0.15) is 32.4 Å². The third kappa shape index (κ3) is 6.19. The smallest absolute Gasteiger partial charge is 0.0593 e. The van der Waals surface area contributed by atoms with E-state index in [0.29, 0.717) is 12.1 Å². The lowest BCUT2D eigenvalue weighted by Gasteiger charge is -2.29. The second kappa shape index (κ2) is 9.08. The lowest BCUT2D eigenvalue weighted by molar-refractivity contribution is 0.106. The fraction of sp³-hybridized carbons (Fsp3) is 0.625. The lowest BCUT2D eigenvalue weighted by atomic mass is 10.1. The summed E-state index contributed by atoms with van der Waals surface area (Å²) in [5, 5.41) is 3.53. The molecule has 0 bridgehead atoms. The van der Waals surface area contributed by atoms with Crippen molar-refractivity contribution >= 4 is 0 Å². The van der Waals surface area contributed by atoms with Crippen LogP contribution in [0, 0.1) is 0 Å². The van der Waals surface area contributed by atoms with Crippen molar-refractivity contribution in [1.29, 1.82) is 0 Å². The van der Waals surface area contributed by atoms with Crippen LogP contribution < -0.4 is 5.32 Å². The molecule has 0 fully saturated rings. The maximum absolute atomic E-state index is 5.45. The molecule has 1 aromatic carbocycles. The van der Waals surface area contributed by atoms with E-state index in [-0.39, 0.29) is 0 Å². The Labute approximate surface area is 118 Å². The van der Waals surface area contributed by atoms with Gasteiger partial charge in [-0.1, -0.05) is 44.2 Å². The van der Waals surface area contributed by atoms with E-state index >= 15 is 0 Å². The van der Waals surface area contributed by atoms with Crippen LogP contribution in [0.5, 0.6) is 0 Å². The summed E-state index contributed by atoms with van der Waals surface area (Å²) in [5.74, 6) is 0. The van der Waals surface area contributed by atoms with Crippen LogP contribution in [0.25, 0.3) is 0 Å². The van der Waals surface area contributed by atoms with Gasteiger partial charge in [0, 0.05) is 31.8 Å². The number of nitrogens with zero attached hydrogens (tertiary/aromatic N) is 1. The Morgan fingerprint density at radius 1 is 1.21 bits per heavy atom. The van der Waals surface area contributed by atoms with Gasteiger partial charge in [0.25, 0.3) is 0 Å². The first kappa shape index (κ1) is 16.2. The molecule has 0 saturated heterocycles. The number of likely N-dealkylation sites (N-methyl/N-ethyl adjacent to an activating group) is 1. The van der Waals surface area contributed by atoms with Crippen LogP contribution >= 0.6 is 0 Å². The van der Waals surface area contributed by atoms with E-state index < -0.39 is 0 Å². The molecule has 1 N–H and O–H groups in total. The summed E-state index contributed by atoms with van der Waals surface area (Å²) in [6, 6.07) is 11.6. The average Bonchev–Trinajstić information content (AvgIpc) is 2.40. The monoisotopic (exact) mass is 264 g/mol. The second-order valence-electron chi connectivity index (χ2n) is 5.17. The first-order valence-electron chi connectivity index (χ1n) is 7.21. The molecule has 1 unspecified atom stereocenters. The Morgan fingerprint density at radius 3 is 2.47 bits per heavy atom. The maximum atomic E-state index is 5.45. The third-order valence-electron chi connectivity index (χ3n) is 3.23. The molecule has 1 aromatic rings. The standard InChI is InChI=1S/C16H28N2O/c1-5-19-12-11-18(4)16(13-17-14(2)3)15-9-7-6-8-10-15/h6-10,14,16-17H,5,11-13H2,1-4H3. The summed E-state index contributed by atoms with van der Waals surface area (Å²) >= 11 is 0. The van der Waals surface area contributed by atoms with E-state index in [1.165, 1.54) is 5.56 Å². The third-order valence-corrected chi connectivity index (χ3v) is 3.23. The van der Waals surface area contributed by atoms with Crippen LogP contribution in [0.4, 0.5) is 0 Å². The molecular weight excluding hydrogens is 236 g/mol. The van der Waals surface area contributed by atoms with Gasteiger partial charge in [-0.3, -0.25) is 4.90 Å². The Bertz CT molecular complexity index is 327. The van der Waals surface area contributed by atoms with E-state index in [4.69, 9.17) is 4.74 Å². The molecule has 1 rings (SSSR count). The summed E-state index contributed by atoms with van der Waals surface area (Å²) in [7, 11) is 2.17. The molecular formula is C16H28N2O. The van der Waals surface area contributed by atoms with E-state index in [0.717, 1.165) is 26.3 Å². The SMILES string of the molecule is CCOCCN(C)C(CNC(C)C)c1ccccc1. The molecule has 0 aliphatic rings. The molecule has 108 valence electrons. The van der Waals surface area contributed by atoms with Crippen LogP contribution in [0.15, 0.2) is 30.3 Å². The largest absolute Gasteiger partial charge is 0.380 e. The van der Waals surface area contributed by atoms with Gasteiger partial charge in [0.15, 0.2) is 0 Å². The lowest BCUT2D eigenvalue weighted by Crippen LogP contribution is -2.37. The average molecular weight is 264 g/mol. The van der Waals surface area contributed by atoms with Crippen LogP contribution in [0.2, 0.25) is 0 Å². The highest BCUT2D eigenvalue weighted by Gasteiger charge is 2.16. The molecule has 0 saturated carbocycles. The fourth-order valence-electron chi connectivity index (χ4n) is 2.06. The van der Waals surface area contributed by atoms with E-state index in [2.05, 4.69) is 61.4 Å². The zero-order valence-electron chi connectivity index (χ0n) is 12.7. The van der Waals surface area contributed by atoms with Crippen molar-refractivity contribution in [2.45, 2.75) is 32.9 Å². The Hall–Kier alpha value is -0.900. The quantitative estimate of drug-likeness (QED) is 0.694. The topological polar surface area (TPSA) is 24.5 Å². The minimum absolute atomic E-state index is 0.393. The molecule has 19 heavy (non-hydrogen) atoms. The minimum Gasteiger partial charge on any atom is -0.380 e. The highest BCUT2D eigenvalue weighted by molar-refractivity contribution is 5.19. The van der Waals surface area contributed by atoms with E-state index in [1.807, 2.05) is 6.92 Å². The number of rotatable bonds is 9. The number of hydrogen-bond acceptors (Lipinski definition) is 3. The molecule has 0 amide bonds. The number of ether oxygens (including phenoxy) is 1. The Kier molecular flexibility index (Phi) is 7.72. The zero-order valence-corrected chi connectivity index (χ0v) is 12.7. The Balaban J connectivity index is 2.63. The predicted octanol–water partition coefficient (Wildman–Crippen LogP) is 2.69. The number of nitrogens with one attached hydrogen (secondary N) is 1. The first-order chi connectivity index (χ1) is 9.15. The van der Waals surface area contributed by atoms with Crippen LogP contribution in [0.3, 0.4) is 0 Å². The molecule has 3 heteroatoms. The summed E-state index contributed by atoms with van der Waals surface area (Å²) < 4.78 is 5.45. The van der Waals surface area contributed by atoms with Gasteiger partial charge in [-0.05, 0) is 19.5 Å². The maximum Gasteiger partial charge on any atom is 0.0593 e. The van der Waals surface area contributed by atoms with Crippen molar-refractivity contribution in [3.8, 4) is 0 Å². The van der Waals surface area contributed by atoms with Gasteiger partial charge in [0.2, 0.25) is 0 Å². The minimum atomic E-state index is 0.393. The molecule has 0 spiro atoms. The van der Waals surface area contributed by atoms with Gasteiger partial charge in [0.1, 0.15) is 0 Å². The number of hydrogen-bond donors (Lipinski definition) is 1. The van der Waals surface area contributed by atoms with Gasteiger partial charge in [-0.15, -0.1) is 0 Å². The van der Waals surface area contributed by atoms with Crippen molar-refractivity contribution in [1.82, 2.24) is 10.2 Å². The van der Waals surface area contributed by atoms with Gasteiger partial charge >= 0.3 is 0 Å². The summed E-state index contributed by atoms with van der Waals surface area (Å²) in [4.78, 5) is 2.36. The van der Waals surface area contributed by atoms with Crippen LogP contribution in [-0.4, -0.2) is 44.3 Å². The molecule has 0 aliphatic carbocycles. The highest BCUT2D eigenvalue weighted by Crippen LogP contribution is 2.18. The van der Waals surface area contributed by atoms with Crippen molar-refractivity contribution < 1.29 is 4.74 Å². The molecule has 0 heterocycles. The van der Waals surface area contributed by atoms with Crippen molar-refractivity contribution in [3.05, 3.63) is 35.9 Å². The van der Waals surface area contributed by atoms with Crippen LogP contribution in [-0.2, 0) is 4.74 Å². The zero-order chi connectivity index (χ0) is 14.1.